The molecule has 0 atom stereocenters. The number of ether oxygens (including phenoxy) is 1. The number of nitrogens with one attached hydrogen (secondary N) is 1. The summed E-state index contributed by atoms with van der Waals surface area (Å²) in [4.78, 5) is 4.17. The van der Waals surface area contributed by atoms with Crippen molar-refractivity contribution in [2.24, 2.45) is 0 Å². The van der Waals surface area contributed by atoms with Crippen molar-refractivity contribution in [2.45, 2.75) is 18.9 Å². The average molecular weight is 224 g/mol. The standard InChI is InChI=1S/C11H16N2OS/c1-14-11-3-2-10(8-12-11)13-9-4-6-15-7-5-9/h2-3,8-9,13H,4-7H2,1H3. The van der Waals surface area contributed by atoms with Crippen molar-refractivity contribution in [3.05, 3.63) is 18.3 Å². The summed E-state index contributed by atoms with van der Waals surface area (Å²) < 4.78 is 5.02. The molecule has 1 N–H and O–H groups in total. The second kappa shape index (κ2) is 5.26. The molecule has 15 heavy (non-hydrogen) atoms. The van der Waals surface area contributed by atoms with Crippen LogP contribution in [0.25, 0.3) is 0 Å². The van der Waals surface area contributed by atoms with Gasteiger partial charge in [-0.3, -0.25) is 0 Å². The van der Waals surface area contributed by atoms with Gasteiger partial charge >= 0.3 is 0 Å². The number of nitrogens with zero attached hydrogens (tertiary/aromatic N) is 1. The minimum atomic E-state index is 0.612. The summed E-state index contributed by atoms with van der Waals surface area (Å²) in [6.45, 7) is 0. The van der Waals surface area contributed by atoms with Gasteiger partial charge in [-0.15, -0.1) is 0 Å². The molecule has 2 rings (SSSR count). The van der Waals surface area contributed by atoms with Crippen LogP contribution in [0.3, 0.4) is 0 Å². The first kappa shape index (κ1) is 10.6. The Morgan fingerprint density at radius 3 is 2.80 bits per heavy atom. The molecule has 1 aromatic heterocycles. The molecular formula is C11H16N2OS. The molecule has 1 aliphatic rings. The Hall–Kier alpha value is -0.900. The summed E-state index contributed by atoms with van der Waals surface area (Å²) in [5.41, 5.74) is 1.09. The topological polar surface area (TPSA) is 34.1 Å². The molecule has 0 spiro atoms. The van der Waals surface area contributed by atoms with Crippen LogP contribution in [0.2, 0.25) is 0 Å². The van der Waals surface area contributed by atoms with Gasteiger partial charge in [0.2, 0.25) is 5.88 Å². The van der Waals surface area contributed by atoms with E-state index in [0.717, 1.165) is 5.69 Å². The Morgan fingerprint density at radius 2 is 2.20 bits per heavy atom. The lowest BCUT2D eigenvalue weighted by molar-refractivity contribution is 0.398. The maximum absolute atomic E-state index is 5.02. The second-order valence-corrected chi connectivity index (χ2v) is 4.84. The van der Waals surface area contributed by atoms with E-state index in [1.165, 1.54) is 24.3 Å². The van der Waals surface area contributed by atoms with Crippen LogP contribution in [0.4, 0.5) is 5.69 Å². The number of hydrogen-bond donors (Lipinski definition) is 1. The van der Waals surface area contributed by atoms with Gasteiger partial charge in [0.25, 0.3) is 0 Å². The van der Waals surface area contributed by atoms with Crippen molar-refractivity contribution in [1.82, 2.24) is 4.98 Å². The van der Waals surface area contributed by atoms with E-state index in [1.54, 1.807) is 7.11 Å². The number of pyridine rings is 1. The van der Waals surface area contributed by atoms with Gasteiger partial charge in [-0.05, 0) is 30.4 Å². The van der Waals surface area contributed by atoms with Crippen molar-refractivity contribution in [2.75, 3.05) is 23.9 Å². The zero-order valence-electron chi connectivity index (χ0n) is 8.90. The molecular weight excluding hydrogens is 208 g/mol. The van der Waals surface area contributed by atoms with E-state index < -0.39 is 0 Å². The number of rotatable bonds is 3. The third-order valence-electron chi connectivity index (χ3n) is 2.54. The maximum Gasteiger partial charge on any atom is 0.213 e. The molecule has 0 aliphatic carbocycles. The lowest BCUT2D eigenvalue weighted by atomic mass is 10.1. The zero-order valence-corrected chi connectivity index (χ0v) is 9.72. The number of aromatic nitrogens is 1. The van der Waals surface area contributed by atoms with Crippen LogP contribution in [0.5, 0.6) is 5.88 Å². The summed E-state index contributed by atoms with van der Waals surface area (Å²) in [7, 11) is 1.63. The Balaban J connectivity index is 1.91. The molecule has 1 aliphatic heterocycles. The van der Waals surface area contributed by atoms with Crippen LogP contribution in [0, 0.1) is 0 Å². The zero-order chi connectivity index (χ0) is 10.5. The van der Waals surface area contributed by atoms with Gasteiger partial charge in [0, 0.05) is 12.1 Å². The average Bonchev–Trinajstić information content (AvgIpc) is 2.31. The van der Waals surface area contributed by atoms with E-state index in [2.05, 4.69) is 10.3 Å². The molecule has 0 unspecified atom stereocenters. The first-order valence-electron chi connectivity index (χ1n) is 5.23. The van der Waals surface area contributed by atoms with Crippen LogP contribution in [-0.4, -0.2) is 29.6 Å². The van der Waals surface area contributed by atoms with Crippen molar-refractivity contribution in [3.8, 4) is 5.88 Å². The molecule has 0 saturated carbocycles. The second-order valence-electron chi connectivity index (χ2n) is 3.62. The quantitative estimate of drug-likeness (QED) is 0.855. The van der Waals surface area contributed by atoms with Crippen LogP contribution in [0.1, 0.15) is 12.8 Å². The van der Waals surface area contributed by atoms with Gasteiger partial charge in [-0.1, -0.05) is 0 Å². The first-order valence-corrected chi connectivity index (χ1v) is 6.38. The van der Waals surface area contributed by atoms with E-state index in [4.69, 9.17) is 4.74 Å². The van der Waals surface area contributed by atoms with E-state index in [-0.39, 0.29) is 0 Å². The summed E-state index contributed by atoms with van der Waals surface area (Å²) in [5.74, 6) is 3.20. The van der Waals surface area contributed by atoms with Crippen molar-refractivity contribution < 1.29 is 4.74 Å². The molecule has 1 saturated heterocycles. The molecule has 82 valence electrons. The highest BCUT2D eigenvalue weighted by molar-refractivity contribution is 7.99. The van der Waals surface area contributed by atoms with Crippen molar-refractivity contribution in [1.29, 1.82) is 0 Å². The normalized spacial score (nSPS) is 17.4. The summed E-state index contributed by atoms with van der Waals surface area (Å²) in [5, 5.41) is 3.50. The largest absolute Gasteiger partial charge is 0.481 e. The number of anilines is 1. The van der Waals surface area contributed by atoms with Gasteiger partial charge in [-0.2, -0.15) is 11.8 Å². The minimum absolute atomic E-state index is 0.612. The fourth-order valence-electron chi connectivity index (χ4n) is 1.66. The fraction of sp³-hybridized carbons (Fsp3) is 0.545. The molecule has 1 fully saturated rings. The van der Waals surface area contributed by atoms with Gasteiger partial charge in [0.05, 0.1) is 19.0 Å². The Kier molecular flexibility index (Phi) is 3.72. The number of methoxy groups -OCH3 is 1. The number of thioether (sulfide) groups is 1. The van der Waals surface area contributed by atoms with Crippen molar-refractivity contribution in [3.63, 3.8) is 0 Å². The molecule has 0 bridgehead atoms. The highest BCUT2D eigenvalue weighted by atomic mass is 32.2. The van der Waals surface area contributed by atoms with Gasteiger partial charge in [0.15, 0.2) is 0 Å². The first-order chi connectivity index (χ1) is 7.38. The predicted molar refractivity (Wildman–Crippen MR) is 64.8 cm³/mol. The molecule has 0 aromatic carbocycles. The van der Waals surface area contributed by atoms with E-state index in [0.29, 0.717) is 11.9 Å². The Morgan fingerprint density at radius 1 is 1.40 bits per heavy atom. The summed E-state index contributed by atoms with van der Waals surface area (Å²) >= 11 is 2.04. The Bertz CT molecular complexity index is 296. The Labute approximate surface area is 94.6 Å². The van der Waals surface area contributed by atoms with Gasteiger partial charge < -0.3 is 10.1 Å². The molecule has 1 aromatic rings. The van der Waals surface area contributed by atoms with Gasteiger partial charge in [-0.25, -0.2) is 4.98 Å². The SMILES string of the molecule is COc1ccc(NC2CCSCC2)cn1. The monoisotopic (exact) mass is 224 g/mol. The molecule has 3 nitrogen and oxygen atoms in total. The van der Waals surface area contributed by atoms with E-state index in [1.807, 2.05) is 30.1 Å². The third kappa shape index (κ3) is 3.02. The van der Waals surface area contributed by atoms with Crippen LogP contribution < -0.4 is 10.1 Å². The molecule has 2 heterocycles. The lowest BCUT2D eigenvalue weighted by Crippen LogP contribution is -2.24. The highest BCUT2D eigenvalue weighted by Crippen LogP contribution is 2.21. The van der Waals surface area contributed by atoms with Crippen molar-refractivity contribution >= 4 is 17.4 Å². The van der Waals surface area contributed by atoms with E-state index >= 15 is 0 Å². The maximum atomic E-state index is 5.02. The fourth-order valence-corrected chi connectivity index (χ4v) is 2.77. The van der Waals surface area contributed by atoms with Crippen LogP contribution in [-0.2, 0) is 0 Å². The summed E-state index contributed by atoms with van der Waals surface area (Å²) in [6.07, 6.45) is 4.33. The minimum Gasteiger partial charge on any atom is -0.481 e. The molecule has 4 heteroatoms. The molecule has 0 amide bonds. The third-order valence-corrected chi connectivity index (χ3v) is 3.59. The number of hydrogen-bond acceptors (Lipinski definition) is 4. The van der Waals surface area contributed by atoms with Gasteiger partial charge in [0.1, 0.15) is 0 Å². The van der Waals surface area contributed by atoms with Crippen LogP contribution >= 0.6 is 11.8 Å². The van der Waals surface area contributed by atoms with Crippen LogP contribution in [0.15, 0.2) is 18.3 Å². The van der Waals surface area contributed by atoms with E-state index in [9.17, 15) is 0 Å². The summed E-state index contributed by atoms with van der Waals surface area (Å²) in [6, 6.07) is 4.52. The highest BCUT2D eigenvalue weighted by Gasteiger charge is 2.12. The lowest BCUT2D eigenvalue weighted by Gasteiger charge is -2.23. The predicted octanol–water partition coefficient (Wildman–Crippen LogP) is 2.40. The molecule has 0 radical (unpaired) electrons. The smallest absolute Gasteiger partial charge is 0.213 e.